The van der Waals surface area contributed by atoms with Gasteiger partial charge >= 0.3 is 5.97 Å². The molecule has 0 spiro atoms. The molecule has 0 saturated carbocycles. The van der Waals surface area contributed by atoms with Gasteiger partial charge in [-0.25, -0.2) is 4.79 Å². The Morgan fingerprint density at radius 1 is 1.29 bits per heavy atom. The average Bonchev–Trinajstić information content (AvgIpc) is 2.47. The Hall–Kier alpha value is -2.61. The minimum atomic E-state index is -1.64. The molecule has 1 atom stereocenters. The number of carboxylic acids is 1. The molecule has 0 bridgehead atoms. The Labute approximate surface area is 121 Å². The lowest BCUT2D eigenvalue weighted by Gasteiger charge is -2.03. The summed E-state index contributed by atoms with van der Waals surface area (Å²) in [4.78, 5) is 25.0. The largest absolute Gasteiger partial charge is 0.478 e. The van der Waals surface area contributed by atoms with Crippen molar-refractivity contribution in [1.29, 1.82) is 0 Å². The number of nitro groups is 1. The normalized spacial score (nSPS) is 11.8. The molecule has 8 heteroatoms. The maximum Gasteiger partial charge on any atom is 0.337 e. The minimum absolute atomic E-state index is 0.0231. The van der Waals surface area contributed by atoms with Crippen molar-refractivity contribution in [3.05, 3.63) is 64.0 Å². The number of hydrogen-bond donors (Lipinski definition) is 1. The number of carbonyl (C=O) groups is 1. The van der Waals surface area contributed by atoms with E-state index in [0.717, 1.165) is 6.20 Å². The van der Waals surface area contributed by atoms with E-state index in [-0.39, 0.29) is 21.9 Å². The lowest BCUT2D eigenvalue weighted by molar-refractivity contribution is -0.387. The Bertz CT molecular complexity index is 715. The van der Waals surface area contributed by atoms with Crippen LogP contribution in [0.2, 0.25) is 0 Å². The summed E-state index contributed by atoms with van der Waals surface area (Å²) in [6, 6.07) is 8.57. The fourth-order valence-corrected chi connectivity index (χ4v) is 2.85. The van der Waals surface area contributed by atoms with Crippen molar-refractivity contribution in [2.75, 3.05) is 0 Å². The van der Waals surface area contributed by atoms with Crippen molar-refractivity contribution >= 4 is 22.5 Å². The second-order valence-corrected chi connectivity index (χ2v) is 5.48. The monoisotopic (exact) mass is 306 g/mol. The highest BCUT2D eigenvalue weighted by Gasteiger charge is 2.18. The fourth-order valence-electron chi connectivity index (χ4n) is 1.65. The molecule has 0 aliphatic heterocycles. The number of pyridine rings is 1. The van der Waals surface area contributed by atoms with Crippen molar-refractivity contribution in [3.8, 4) is 0 Å². The molecule has 0 saturated heterocycles. The summed E-state index contributed by atoms with van der Waals surface area (Å²) >= 11 is 0. The van der Waals surface area contributed by atoms with Crippen LogP contribution in [0.1, 0.15) is 16.1 Å². The van der Waals surface area contributed by atoms with Gasteiger partial charge < -0.3 is 5.11 Å². The first-order valence-electron chi connectivity index (χ1n) is 5.79. The van der Waals surface area contributed by atoms with E-state index < -0.39 is 21.7 Å². The quantitative estimate of drug-likeness (QED) is 0.668. The Kier molecular flexibility index (Phi) is 4.39. The van der Waals surface area contributed by atoms with E-state index in [1.807, 2.05) is 0 Å². The maximum atomic E-state index is 12.2. The number of benzene rings is 1. The Morgan fingerprint density at radius 3 is 2.57 bits per heavy atom. The zero-order chi connectivity index (χ0) is 15.4. The maximum absolute atomic E-state index is 12.2. The van der Waals surface area contributed by atoms with Crippen LogP contribution in [-0.4, -0.2) is 25.2 Å². The van der Waals surface area contributed by atoms with Gasteiger partial charge in [0, 0.05) is 12.3 Å². The summed E-state index contributed by atoms with van der Waals surface area (Å²) in [5.74, 6) is -1.13. The zero-order valence-corrected chi connectivity index (χ0v) is 11.4. The van der Waals surface area contributed by atoms with E-state index >= 15 is 0 Å². The van der Waals surface area contributed by atoms with Gasteiger partial charge in [0.05, 0.1) is 32.7 Å². The van der Waals surface area contributed by atoms with Gasteiger partial charge in [-0.05, 0) is 18.2 Å². The first kappa shape index (κ1) is 14.8. The van der Waals surface area contributed by atoms with Crippen LogP contribution in [0.25, 0.3) is 0 Å². The molecule has 0 aliphatic carbocycles. The van der Waals surface area contributed by atoms with Crippen LogP contribution in [-0.2, 0) is 16.6 Å². The molecule has 0 radical (unpaired) electrons. The minimum Gasteiger partial charge on any atom is -0.478 e. The molecule has 0 amide bonds. The summed E-state index contributed by atoms with van der Waals surface area (Å²) in [6.07, 6.45) is 1.16. The summed E-state index contributed by atoms with van der Waals surface area (Å²) in [6.45, 7) is 0. The van der Waals surface area contributed by atoms with Gasteiger partial charge in [0.15, 0.2) is 0 Å². The molecule has 1 unspecified atom stereocenters. The molecule has 2 rings (SSSR count). The number of aromatic nitrogens is 1. The molecule has 7 nitrogen and oxygen atoms in total. The molecule has 1 aromatic heterocycles. The van der Waals surface area contributed by atoms with Crippen molar-refractivity contribution in [2.24, 2.45) is 0 Å². The predicted molar refractivity (Wildman–Crippen MR) is 74.4 cm³/mol. The summed E-state index contributed by atoms with van der Waals surface area (Å²) in [7, 11) is -1.64. The second-order valence-electron chi connectivity index (χ2n) is 4.06. The number of nitro benzene ring substituents is 1. The standard InChI is InChI=1S/C13H10N2O5S/c16-13(17)9-5-6-10(14-7-9)8-21(20)12-4-2-1-3-11(12)15(18)19/h1-7H,8H2,(H,16,17). The van der Waals surface area contributed by atoms with E-state index in [4.69, 9.17) is 5.11 Å². The number of carboxylic acid groups (broad SMARTS) is 1. The van der Waals surface area contributed by atoms with Gasteiger partial charge in [-0.2, -0.15) is 0 Å². The highest BCUT2D eigenvalue weighted by molar-refractivity contribution is 7.84. The molecule has 0 aliphatic rings. The lowest BCUT2D eigenvalue weighted by atomic mass is 10.2. The van der Waals surface area contributed by atoms with Crippen molar-refractivity contribution in [3.63, 3.8) is 0 Å². The van der Waals surface area contributed by atoms with E-state index in [9.17, 15) is 19.1 Å². The predicted octanol–water partition coefficient (Wildman–Crippen LogP) is 2.00. The number of nitrogens with zero attached hydrogens (tertiary/aromatic N) is 2. The second kappa shape index (κ2) is 6.23. The van der Waals surface area contributed by atoms with Crippen molar-refractivity contribution < 1.29 is 19.0 Å². The van der Waals surface area contributed by atoms with Crippen molar-refractivity contribution in [2.45, 2.75) is 10.6 Å². The molecule has 1 heterocycles. The van der Waals surface area contributed by atoms with E-state index in [1.165, 1.54) is 30.3 Å². The average molecular weight is 306 g/mol. The molecular weight excluding hydrogens is 296 g/mol. The van der Waals surface area contributed by atoms with Crippen LogP contribution in [0.5, 0.6) is 0 Å². The first-order valence-corrected chi connectivity index (χ1v) is 7.11. The third kappa shape index (κ3) is 3.48. The van der Waals surface area contributed by atoms with Gasteiger partial charge in [-0.15, -0.1) is 0 Å². The summed E-state index contributed by atoms with van der Waals surface area (Å²) in [5.41, 5.74) is 0.213. The number of hydrogen-bond acceptors (Lipinski definition) is 5. The highest BCUT2D eigenvalue weighted by Crippen LogP contribution is 2.23. The SMILES string of the molecule is O=C(O)c1ccc(CS(=O)c2ccccc2[N+](=O)[O-])nc1. The third-order valence-electron chi connectivity index (χ3n) is 2.66. The molecule has 2 aromatic rings. The highest BCUT2D eigenvalue weighted by atomic mass is 32.2. The zero-order valence-electron chi connectivity index (χ0n) is 10.6. The third-order valence-corrected chi connectivity index (χ3v) is 4.05. The molecular formula is C13H10N2O5S. The van der Waals surface area contributed by atoms with Crippen LogP contribution in [0.15, 0.2) is 47.5 Å². The van der Waals surface area contributed by atoms with E-state index in [1.54, 1.807) is 6.07 Å². The smallest absolute Gasteiger partial charge is 0.337 e. The van der Waals surface area contributed by atoms with Crippen LogP contribution in [0.4, 0.5) is 5.69 Å². The number of aromatic carboxylic acids is 1. The lowest BCUT2D eigenvalue weighted by Crippen LogP contribution is -2.04. The number of para-hydroxylation sites is 1. The van der Waals surface area contributed by atoms with Crippen LogP contribution in [0, 0.1) is 10.1 Å². The number of rotatable bonds is 5. The molecule has 108 valence electrons. The van der Waals surface area contributed by atoms with Crippen molar-refractivity contribution in [1.82, 2.24) is 4.98 Å². The van der Waals surface area contributed by atoms with Gasteiger partial charge in [0.1, 0.15) is 4.90 Å². The summed E-state index contributed by atoms with van der Waals surface area (Å²) in [5, 5.41) is 19.6. The van der Waals surface area contributed by atoms with Gasteiger partial charge in [-0.1, -0.05) is 12.1 Å². The van der Waals surface area contributed by atoms with E-state index in [0.29, 0.717) is 5.69 Å². The molecule has 21 heavy (non-hydrogen) atoms. The van der Waals surface area contributed by atoms with Gasteiger partial charge in [-0.3, -0.25) is 19.3 Å². The Balaban J connectivity index is 2.22. The topological polar surface area (TPSA) is 110 Å². The fraction of sp³-hybridized carbons (Fsp3) is 0.0769. The van der Waals surface area contributed by atoms with Gasteiger partial charge in [0.25, 0.3) is 5.69 Å². The summed E-state index contributed by atoms with van der Waals surface area (Å²) < 4.78 is 12.2. The van der Waals surface area contributed by atoms with E-state index in [2.05, 4.69) is 4.98 Å². The van der Waals surface area contributed by atoms with Crippen LogP contribution in [0.3, 0.4) is 0 Å². The van der Waals surface area contributed by atoms with Crippen LogP contribution >= 0.6 is 0 Å². The first-order chi connectivity index (χ1) is 9.99. The van der Waals surface area contributed by atoms with Gasteiger partial charge in [0.2, 0.25) is 0 Å². The molecule has 1 aromatic carbocycles. The van der Waals surface area contributed by atoms with Crippen LogP contribution < -0.4 is 0 Å². The molecule has 1 N–H and O–H groups in total. The molecule has 0 fully saturated rings. The Morgan fingerprint density at radius 2 is 2.00 bits per heavy atom.